The van der Waals surface area contributed by atoms with Gasteiger partial charge in [-0.2, -0.15) is 0 Å². The lowest BCUT2D eigenvalue weighted by Gasteiger charge is -2.36. The Labute approximate surface area is 338 Å². The highest BCUT2D eigenvalue weighted by Gasteiger charge is 2.19. The molecule has 0 N–H and O–H groups in total. The van der Waals surface area contributed by atoms with Gasteiger partial charge in [-0.05, 0) is 94.7 Å². The van der Waals surface area contributed by atoms with Crippen LogP contribution in [0.1, 0.15) is 71.1 Å². The Balaban J connectivity index is 1.02. The Morgan fingerprint density at radius 1 is 0.745 bits per heavy atom. The van der Waals surface area contributed by atoms with Crippen molar-refractivity contribution in [1.82, 2.24) is 9.88 Å². The van der Waals surface area contributed by atoms with Gasteiger partial charge >= 0.3 is 5.97 Å². The minimum atomic E-state index is -0.305. The Morgan fingerprint density at radius 2 is 1.38 bits per heavy atom. The summed E-state index contributed by atoms with van der Waals surface area (Å²) in [5, 5.41) is 2.21. The van der Waals surface area contributed by atoms with Gasteiger partial charge in [-0.25, -0.2) is 4.98 Å². The fourth-order valence-electron chi connectivity index (χ4n) is 5.89. The van der Waals surface area contributed by atoms with Crippen molar-refractivity contribution >= 4 is 45.8 Å². The Kier molecular flexibility index (Phi) is 20.9. The van der Waals surface area contributed by atoms with E-state index in [1.807, 2.05) is 48.5 Å². The van der Waals surface area contributed by atoms with Gasteiger partial charge in [0.05, 0.1) is 27.9 Å². The van der Waals surface area contributed by atoms with Crippen molar-refractivity contribution < 1.29 is 19.0 Å². The van der Waals surface area contributed by atoms with E-state index < -0.39 is 0 Å². The number of rotatable bonds is 24. The molecule has 1 aliphatic rings. The summed E-state index contributed by atoms with van der Waals surface area (Å²) >= 11 is 12.6. The molecule has 7 nitrogen and oxygen atoms in total. The third-order valence-corrected chi connectivity index (χ3v) is 9.77. The first kappa shape index (κ1) is 43.4. The van der Waals surface area contributed by atoms with E-state index in [-0.39, 0.29) is 12.8 Å². The van der Waals surface area contributed by atoms with Crippen LogP contribution in [0.4, 0.5) is 5.69 Å². The molecular formula is C46H57Cl2N3O4. The van der Waals surface area contributed by atoms with Crippen molar-refractivity contribution in [2.75, 3.05) is 51.0 Å². The van der Waals surface area contributed by atoms with Crippen LogP contribution in [0, 0.1) is 0 Å². The van der Waals surface area contributed by atoms with Gasteiger partial charge in [0.1, 0.15) is 5.75 Å². The lowest BCUT2D eigenvalue weighted by Crippen LogP contribution is -2.46. The standard InChI is InChI=1S/C46H57Cl2N3O4/c1-2-3-4-5-6-7-8-9-10-11-12-13-14-15-16-17-18-19-20-26-45(52)55-38-54-44-30-28-39-27-29-40(37-42(39)49-44)53-36-22-21-31-50-32-34-51(35-33-50)43-25-23-24-41(47)46(43)48/h3-4,6-7,9-10,12-13,15-16,18-19,23-25,27-30,37H,2,5,8,11,14,17,20-22,26,31-36,38H2,1H3/b4-3-,7-6-,10-9-,13-12-,16-15-,19-18-. The van der Waals surface area contributed by atoms with Crippen molar-refractivity contribution in [3.63, 3.8) is 0 Å². The van der Waals surface area contributed by atoms with E-state index in [0.29, 0.717) is 35.4 Å². The van der Waals surface area contributed by atoms with Crippen molar-refractivity contribution in [2.24, 2.45) is 0 Å². The number of ether oxygens (including phenoxy) is 3. The molecule has 1 aliphatic heterocycles. The van der Waals surface area contributed by atoms with Crippen molar-refractivity contribution in [2.45, 2.75) is 71.1 Å². The number of benzene rings is 2. The predicted octanol–water partition coefficient (Wildman–Crippen LogP) is 11.9. The number of piperazine rings is 1. The molecule has 0 atom stereocenters. The number of allylic oxidation sites excluding steroid dienone is 12. The number of fused-ring (bicyclic) bond motifs is 1. The molecule has 3 aromatic rings. The molecule has 294 valence electrons. The van der Waals surface area contributed by atoms with Gasteiger partial charge in [0, 0.05) is 50.1 Å². The lowest BCUT2D eigenvalue weighted by atomic mass is 10.2. The number of pyridine rings is 1. The van der Waals surface area contributed by atoms with Crippen LogP contribution in [0.25, 0.3) is 10.9 Å². The number of halogens is 2. The van der Waals surface area contributed by atoms with E-state index in [9.17, 15) is 4.79 Å². The molecule has 0 bridgehead atoms. The van der Waals surface area contributed by atoms with Crippen LogP contribution in [0.3, 0.4) is 0 Å². The number of anilines is 1. The van der Waals surface area contributed by atoms with E-state index in [4.69, 9.17) is 37.4 Å². The van der Waals surface area contributed by atoms with Gasteiger partial charge in [-0.1, -0.05) is 109 Å². The fraction of sp³-hybridized carbons (Fsp3) is 0.391. The van der Waals surface area contributed by atoms with Gasteiger partial charge < -0.3 is 19.1 Å². The average molecular weight is 787 g/mol. The molecule has 0 amide bonds. The maximum absolute atomic E-state index is 12.2. The Morgan fingerprint density at radius 3 is 2.05 bits per heavy atom. The smallest absolute Gasteiger partial charge is 0.308 e. The van der Waals surface area contributed by atoms with E-state index >= 15 is 0 Å². The highest BCUT2D eigenvalue weighted by atomic mass is 35.5. The fourth-order valence-corrected chi connectivity index (χ4v) is 6.31. The van der Waals surface area contributed by atoms with Gasteiger partial charge in [0.2, 0.25) is 12.7 Å². The molecule has 0 radical (unpaired) electrons. The number of unbranched alkanes of at least 4 members (excludes halogenated alkanes) is 1. The molecular weight excluding hydrogens is 729 g/mol. The Hall–Kier alpha value is -4.30. The number of aromatic nitrogens is 1. The molecule has 0 unspecified atom stereocenters. The van der Waals surface area contributed by atoms with E-state index in [1.54, 1.807) is 6.07 Å². The molecule has 0 aliphatic carbocycles. The van der Waals surface area contributed by atoms with Crippen LogP contribution in [-0.4, -0.2) is 62.0 Å². The summed E-state index contributed by atoms with van der Waals surface area (Å²) in [6, 6.07) is 15.4. The minimum absolute atomic E-state index is 0.180. The molecule has 1 saturated heterocycles. The summed E-state index contributed by atoms with van der Waals surface area (Å²) in [5.74, 6) is 0.859. The normalized spacial score (nSPS) is 14.3. The molecule has 1 fully saturated rings. The van der Waals surface area contributed by atoms with Crippen LogP contribution in [-0.2, 0) is 9.53 Å². The second-order valence-electron chi connectivity index (χ2n) is 13.2. The van der Waals surface area contributed by atoms with Crippen LogP contribution in [0.2, 0.25) is 10.0 Å². The summed E-state index contributed by atoms with van der Waals surface area (Å²) < 4.78 is 16.9. The van der Waals surface area contributed by atoms with Crippen molar-refractivity contribution in [3.05, 3.63) is 131 Å². The SMILES string of the molecule is CC/C=C\C/C=C\C/C=C\C/C=C\C/C=C\C/C=C\CCC(=O)OCOc1ccc2ccc(OCCCCN3CCN(c4cccc(Cl)c4Cl)CC3)cc2n1. The molecule has 0 saturated carbocycles. The molecule has 2 aromatic carbocycles. The van der Waals surface area contributed by atoms with Crippen LogP contribution >= 0.6 is 23.2 Å². The minimum Gasteiger partial charge on any atom is -0.494 e. The zero-order chi connectivity index (χ0) is 38.8. The number of hydrogen-bond acceptors (Lipinski definition) is 7. The predicted molar refractivity (Wildman–Crippen MR) is 231 cm³/mol. The average Bonchev–Trinajstić information content (AvgIpc) is 3.20. The third-order valence-electron chi connectivity index (χ3n) is 8.96. The Bertz CT molecular complexity index is 1760. The van der Waals surface area contributed by atoms with Crippen molar-refractivity contribution in [1.29, 1.82) is 0 Å². The van der Waals surface area contributed by atoms with E-state index in [1.165, 1.54) is 0 Å². The number of nitrogens with zero attached hydrogens (tertiary/aromatic N) is 3. The van der Waals surface area contributed by atoms with Crippen LogP contribution in [0.15, 0.2) is 121 Å². The molecule has 4 rings (SSSR count). The zero-order valence-electron chi connectivity index (χ0n) is 32.3. The maximum atomic E-state index is 12.2. The number of hydrogen-bond donors (Lipinski definition) is 0. The number of esters is 1. The van der Waals surface area contributed by atoms with Gasteiger partial charge in [0.15, 0.2) is 0 Å². The maximum Gasteiger partial charge on any atom is 0.308 e. The summed E-state index contributed by atoms with van der Waals surface area (Å²) in [4.78, 5) is 21.6. The van der Waals surface area contributed by atoms with Crippen LogP contribution < -0.4 is 14.4 Å². The highest BCUT2D eigenvalue weighted by molar-refractivity contribution is 6.43. The summed E-state index contributed by atoms with van der Waals surface area (Å²) in [6.45, 7) is 7.49. The molecule has 55 heavy (non-hydrogen) atoms. The van der Waals surface area contributed by atoms with Gasteiger partial charge in [-0.15, -0.1) is 0 Å². The van der Waals surface area contributed by atoms with E-state index in [2.05, 4.69) is 88.5 Å². The summed E-state index contributed by atoms with van der Waals surface area (Å²) in [5.41, 5.74) is 1.77. The van der Waals surface area contributed by atoms with Crippen LogP contribution in [0.5, 0.6) is 11.6 Å². The quantitative estimate of drug-likeness (QED) is 0.0388. The topological polar surface area (TPSA) is 64.1 Å². The monoisotopic (exact) mass is 785 g/mol. The molecule has 1 aromatic heterocycles. The summed E-state index contributed by atoms with van der Waals surface area (Å²) in [7, 11) is 0. The highest BCUT2D eigenvalue weighted by Crippen LogP contribution is 2.33. The largest absolute Gasteiger partial charge is 0.494 e. The first-order valence-electron chi connectivity index (χ1n) is 19.7. The summed E-state index contributed by atoms with van der Waals surface area (Å²) in [6.07, 6.45) is 34.7. The van der Waals surface area contributed by atoms with Crippen molar-refractivity contribution in [3.8, 4) is 11.6 Å². The first-order chi connectivity index (χ1) is 27.0. The van der Waals surface area contributed by atoms with Gasteiger partial charge in [-0.3, -0.25) is 9.69 Å². The lowest BCUT2D eigenvalue weighted by molar-refractivity contribution is -0.150. The van der Waals surface area contributed by atoms with Gasteiger partial charge in [0.25, 0.3) is 0 Å². The second kappa shape index (κ2) is 26.5. The second-order valence-corrected chi connectivity index (χ2v) is 14.0. The molecule has 2 heterocycles. The number of carbonyl (C=O) groups is 1. The zero-order valence-corrected chi connectivity index (χ0v) is 33.8. The number of carbonyl (C=O) groups excluding carboxylic acids is 1. The first-order valence-corrected chi connectivity index (χ1v) is 20.4. The molecule has 9 heteroatoms. The molecule has 0 spiro atoms. The van der Waals surface area contributed by atoms with E-state index in [0.717, 1.165) is 106 Å². The third kappa shape index (κ3) is 17.4.